The third-order valence-electron chi connectivity index (χ3n) is 7.75. The van der Waals surface area contributed by atoms with Gasteiger partial charge in [0.2, 0.25) is 0 Å². The van der Waals surface area contributed by atoms with Gasteiger partial charge < -0.3 is 4.42 Å². The van der Waals surface area contributed by atoms with Gasteiger partial charge in [0.15, 0.2) is 0 Å². The van der Waals surface area contributed by atoms with Crippen LogP contribution in [0, 0.1) is 0 Å². The van der Waals surface area contributed by atoms with Crippen LogP contribution in [0.5, 0.6) is 0 Å². The lowest BCUT2D eigenvalue weighted by molar-refractivity contribution is 0.674. The van der Waals surface area contributed by atoms with Crippen LogP contribution in [-0.2, 0) is 0 Å². The van der Waals surface area contributed by atoms with Crippen LogP contribution in [0.4, 0.5) is 0 Å². The van der Waals surface area contributed by atoms with Gasteiger partial charge in [0.05, 0.1) is 17.8 Å². The Morgan fingerprint density at radius 1 is 0.439 bits per heavy atom. The highest BCUT2D eigenvalue weighted by Gasteiger charge is 2.22. The normalized spacial score (nSPS) is 16.3. The van der Waals surface area contributed by atoms with E-state index in [1.807, 2.05) is 60.7 Å². The second kappa shape index (κ2) is 8.55. The number of fused-ring (bicyclic) bond motifs is 9. The fraction of sp³-hybridized carbons (Fsp3) is 0. The van der Waals surface area contributed by atoms with E-state index in [2.05, 4.69) is 0 Å². The SMILES string of the molecule is [2H]c1c([2H])c([2H])c(-c2c3c([2H])c([2H])c([2H])c([2H])c3c(-c3cc4ccccc4c4c3oc3c5ccccc5ccc34)c3c([2H])c([2H])c([2H])c([2H])c23)c([2H])c1[2H]. The summed E-state index contributed by atoms with van der Waals surface area (Å²) in [4.78, 5) is 0. The predicted octanol–water partition coefficient (Wildman–Crippen LogP) is 11.5. The summed E-state index contributed by atoms with van der Waals surface area (Å²) in [7, 11) is 0. The highest BCUT2D eigenvalue weighted by molar-refractivity contribution is 6.29. The topological polar surface area (TPSA) is 13.1 Å². The minimum Gasteiger partial charge on any atom is -0.455 e. The first-order chi connectivity index (χ1) is 25.8. The van der Waals surface area contributed by atoms with Gasteiger partial charge in [0, 0.05) is 27.3 Å². The Morgan fingerprint density at radius 3 is 1.73 bits per heavy atom. The van der Waals surface area contributed by atoms with E-state index in [1.165, 1.54) is 0 Å². The van der Waals surface area contributed by atoms with Crippen molar-refractivity contribution in [2.45, 2.75) is 0 Å². The number of hydrogen-bond donors (Lipinski definition) is 0. The van der Waals surface area contributed by atoms with Crippen molar-refractivity contribution in [3.05, 3.63) is 145 Å². The van der Waals surface area contributed by atoms with E-state index in [-0.39, 0.29) is 38.2 Å². The molecule has 0 fully saturated rings. The maximum absolute atomic E-state index is 9.37. The van der Waals surface area contributed by atoms with Gasteiger partial charge in [0.1, 0.15) is 11.2 Å². The fourth-order valence-corrected chi connectivity index (χ4v) is 6.06. The summed E-state index contributed by atoms with van der Waals surface area (Å²) in [6, 6.07) is 12.4. The van der Waals surface area contributed by atoms with Crippen molar-refractivity contribution in [1.82, 2.24) is 0 Å². The lowest BCUT2D eigenvalue weighted by atomic mass is 9.85. The monoisotopic (exact) mass is 533 g/mol. The minimum absolute atomic E-state index is 0.0224. The third-order valence-corrected chi connectivity index (χ3v) is 7.75. The van der Waals surface area contributed by atoms with Crippen molar-refractivity contribution in [2.24, 2.45) is 0 Å². The van der Waals surface area contributed by atoms with Crippen LogP contribution in [0.2, 0.25) is 0 Å². The summed E-state index contributed by atoms with van der Waals surface area (Å²) >= 11 is 0. The molecule has 0 unspecified atom stereocenters. The molecule has 0 atom stereocenters. The molecule has 0 saturated heterocycles. The standard InChI is InChI=1S/C40H24O/c1-2-13-26(14-3-1)36-30-18-8-10-20-32(30)37(33-21-11-9-19-31(33)36)35-24-27-15-5-6-16-28(27)38-34-23-22-25-12-4-7-17-29(25)39(34)41-40(35)38/h1-24H/i1D,2D,3D,8D,9D,10D,11D,13D,14D,18D,19D,20D,21D. The van der Waals surface area contributed by atoms with Crippen LogP contribution in [-0.4, -0.2) is 0 Å². The van der Waals surface area contributed by atoms with Gasteiger partial charge >= 0.3 is 0 Å². The third kappa shape index (κ3) is 3.18. The van der Waals surface area contributed by atoms with Crippen molar-refractivity contribution in [1.29, 1.82) is 0 Å². The van der Waals surface area contributed by atoms with Crippen LogP contribution in [0.15, 0.2) is 150 Å². The quantitative estimate of drug-likeness (QED) is 0.201. The van der Waals surface area contributed by atoms with Gasteiger partial charge in [-0.3, -0.25) is 0 Å². The zero-order chi connectivity index (χ0) is 38.2. The van der Waals surface area contributed by atoms with Gasteiger partial charge in [-0.2, -0.15) is 0 Å². The van der Waals surface area contributed by atoms with Crippen LogP contribution in [0.1, 0.15) is 17.8 Å². The molecule has 0 bridgehead atoms. The van der Waals surface area contributed by atoms with Gasteiger partial charge in [-0.25, -0.2) is 0 Å². The molecule has 1 aromatic heterocycles. The molecule has 0 saturated carbocycles. The Kier molecular flexibility index (Phi) is 2.77. The first-order valence-electron chi connectivity index (χ1n) is 19.6. The molecule has 0 aliphatic carbocycles. The molecule has 0 amide bonds. The minimum atomic E-state index is -0.719. The van der Waals surface area contributed by atoms with E-state index in [0.29, 0.717) is 21.9 Å². The molecule has 1 nitrogen and oxygen atoms in total. The van der Waals surface area contributed by atoms with E-state index >= 15 is 0 Å². The molecule has 0 radical (unpaired) electrons. The van der Waals surface area contributed by atoms with Crippen molar-refractivity contribution in [3.63, 3.8) is 0 Å². The maximum Gasteiger partial charge on any atom is 0.143 e. The van der Waals surface area contributed by atoms with Crippen molar-refractivity contribution >= 4 is 65.0 Å². The molecule has 41 heavy (non-hydrogen) atoms. The van der Waals surface area contributed by atoms with Gasteiger partial charge in [-0.1, -0.05) is 133 Å². The molecule has 8 aromatic carbocycles. The summed E-state index contributed by atoms with van der Waals surface area (Å²) < 4.78 is 122. The Labute approximate surface area is 255 Å². The van der Waals surface area contributed by atoms with Gasteiger partial charge in [0.25, 0.3) is 0 Å². The highest BCUT2D eigenvalue weighted by Crippen LogP contribution is 2.48. The fourth-order valence-electron chi connectivity index (χ4n) is 6.06. The lowest BCUT2D eigenvalue weighted by Crippen LogP contribution is -1.91. The second-order valence-electron chi connectivity index (χ2n) is 9.86. The van der Waals surface area contributed by atoms with Crippen LogP contribution in [0.25, 0.3) is 87.3 Å². The smallest absolute Gasteiger partial charge is 0.143 e. The Morgan fingerprint density at radius 2 is 1.02 bits per heavy atom. The van der Waals surface area contributed by atoms with Gasteiger partial charge in [-0.05, 0) is 61.0 Å². The summed E-state index contributed by atoms with van der Waals surface area (Å²) in [5, 5.41) is 3.84. The predicted molar refractivity (Wildman–Crippen MR) is 175 cm³/mol. The summed E-state index contributed by atoms with van der Waals surface area (Å²) in [6.45, 7) is 0. The number of furan rings is 1. The summed E-state index contributed by atoms with van der Waals surface area (Å²) in [5.41, 5.74) is 0.367. The average Bonchev–Trinajstić information content (AvgIpc) is 3.59. The van der Waals surface area contributed by atoms with Crippen molar-refractivity contribution in [2.75, 3.05) is 0 Å². The zero-order valence-corrected chi connectivity index (χ0v) is 21.3. The molecule has 1 heteroatoms. The molecule has 0 aliphatic heterocycles. The molecule has 0 spiro atoms. The van der Waals surface area contributed by atoms with Crippen LogP contribution >= 0.6 is 0 Å². The van der Waals surface area contributed by atoms with Gasteiger partial charge in [-0.15, -0.1) is 0 Å². The first-order valence-corrected chi connectivity index (χ1v) is 13.1. The Balaban J connectivity index is 1.65. The molecule has 0 aliphatic rings. The van der Waals surface area contributed by atoms with Crippen molar-refractivity contribution in [3.8, 4) is 22.3 Å². The average molecular weight is 534 g/mol. The Hall–Kier alpha value is -5.40. The molecule has 1 heterocycles. The number of hydrogen-bond acceptors (Lipinski definition) is 1. The molecule has 190 valence electrons. The molecule has 9 rings (SSSR count). The van der Waals surface area contributed by atoms with Crippen LogP contribution < -0.4 is 0 Å². The van der Waals surface area contributed by atoms with E-state index in [0.717, 1.165) is 21.5 Å². The van der Waals surface area contributed by atoms with E-state index in [1.54, 1.807) is 6.07 Å². The number of rotatable bonds is 2. The number of benzene rings is 8. The van der Waals surface area contributed by atoms with E-state index < -0.39 is 84.1 Å². The summed E-state index contributed by atoms with van der Waals surface area (Å²) in [6.07, 6.45) is 0. The van der Waals surface area contributed by atoms with E-state index in [9.17, 15) is 5.48 Å². The first kappa shape index (κ1) is 13.3. The molecule has 9 aromatic rings. The van der Waals surface area contributed by atoms with Crippen molar-refractivity contribution < 1.29 is 22.2 Å². The van der Waals surface area contributed by atoms with Crippen LogP contribution in [0.3, 0.4) is 0 Å². The molecular formula is C40H24O. The second-order valence-corrected chi connectivity index (χ2v) is 9.86. The highest BCUT2D eigenvalue weighted by atomic mass is 16.3. The molecular weight excluding hydrogens is 496 g/mol. The molecule has 0 N–H and O–H groups in total. The lowest BCUT2D eigenvalue weighted by Gasteiger charge is -2.18. The maximum atomic E-state index is 9.37. The summed E-state index contributed by atoms with van der Waals surface area (Å²) in [5.74, 6) is 0. The largest absolute Gasteiger partial charge is 0.455 e. The Bertz CT molecular complexity index is 3090. The zero-order valence-electron chi connectivity index (χ0n) is 34.3. The van der Waals surface area contributed by atoms with E-state index in [4.69, 9.17) is 16.8 Å².